The van der Waals surface area contributed by atoms with Gasteiger partial charge in [0.1, 0.15) is 0 Å². The molecule has 0 fully saturated rings. The minimum absolute atomic E-state index is 0.0308. The van der Waals surface area contributed by atoms with Crippen LogP contribution in [-0.4, -0.2) is 18.3 Å². The van der Waals surface area contributed by atoms with Gasteiger partial charge in [0, 0.05) is 5.02 Å². The fourth-order valence-electron chi connectivity index (χ4n) is 0.892. The van der Waals surface area contributed by atoms with Crippen molar-refractivity contribution in [3.8, 4) is 0 Å². The lowest BCUT2D eigenvalue weighted by molar-refractivity contribution is 0.302. The second kappa shape index (κ2) is 4.30. The number of aliphatic hydroxyl groups excluding tert-OH is 1. The van der Waals surface area contributed by atoms with E-state index in [1.807, 2.05) is 12.1 Å². The summed E-state index contributed by atoms with van der Waals surface area (Å²) in [6, 6.07) is 7.17. The quantitative estimate of drug-likeness (QED) is 0.547. The summed E-state index contributed by atoms with van der Waals surface area (Å²) in [6.07, 6.45) is 0. The van der Waals surface area contributed by atoms with Crippen LogP contribution in [0.4, 0.5) is 5.69 Å². The summed E-state index contributed by atoms with van der Waals surface area (Å²) in [5.74, 6) is 5.59. The Hall–Kier alpha value is -0.770. The van der Waals surface area contributed by atoms with Crippen molar-refractivity contribution < 1.29 is 5.11 Å². The smallest absolute Gasteiger partial charge is 0.0622 e. The Morgan fingerprint density at radius 1 is 1.50 bits per heavy atom. The molecule has 4 heteroatoms. The molecule has 0 radical (unpaired) electrons. The molecule has 12 heavy (non-hydrogen) atoms. The predicted octanol–water partition coefficient (Wildman–Crippen LogP) is 1.01. The van der Waals surface area contributed by atoms with Gasteiger partial charge in [-0.2, -0.15) is 0 Å². The van der Waals surface area contributed by atoms with Crippen LogP contribution in [0.25, 0.3) is 0 Å². The van der Waals surface area contributed by atoms with E-state index in [0.29, 0.717) is 11.6 Å². The van der Waals surface area contributed by atoms with Gasteiger partial charge in [-0.15, -0.1) is 0 Å². The lowest BCUT2D eigenvalue weighted by Crippen LogP contribution is -2.33. The average molecular weight is 187 g/mol. The zero-order chi connectivity index (χ0) is 8.97. The second-order valence-electron chi connectivity index (χ2n) is 2.40. The van der Waals surface area contributed by atoms with E-state index in [1.54, 1.807) is 12.1 Å². The number of nitrogens with zero attached hydrogens (tertiary/aromatic N) is 1. The van der Waals surface area contributed by atoms with Crippen LogP contribution in [0, 0.1) is 0 Å². The average Bonchev–Trinajstić information content (AvgIpc) is 2.05. The first-order valence-corrected chi connectivity index (χ1v) is 4.00. The third-order valence-electron chi connectivity index (χ3n) is 1.48. The Morgan fingerprint density at radius 2 is 2.25 bits per heavy atom. The summed E-state index contributed by atoms with van der Waals surface area (Å²) in [4.78, 5) is 0. The van der Waals surface area contributed by atoms with Gasteiger partial charge < -0.3 is 10.1 Å². The number of nitrogens with two attached hydrogens (primary N) is 1. The van der Waals surface area contributed by atoms with Gasteiger partial charge in [-0.05, 0) is 18.2 Å². The number of halogens is 1. The van der Waals surface area contributed by atoms with Crippen molar-refractivity contribution >= 4 is 17.3 Å². The molecule has 3 N–H and O–H groups in total. The highest BCUT2D eigenvalue weighted by molar-refractivity contribution is 6.30. The van der Waals surface area contributed by atoms with Gasteiger partial charge in [-0.25, -0.2) is 5.84 Å². The highest BCUT2D eigenvalue weighted by Crippen LogP contribution is 2.16. The zero-order valence-corrected chi connectivity index (χ0v) is 7.33. The molecule has 0 spiro atoms. The number of rotatable bonds is 3. The molecule has 66 valence electrons. The van der Waals surface area contributed by atoms with Crippen molar-refractivity contribution in [2.24, 2.45) is 5.84 Å². The maximum absolute atomic E-state index is 8.61. The number of aliphatic hydroxyl groups is 1. The summed E-state index contributed by atoms with van der Waals surface area (Å²) in [5.41, 5.74) is 0.802. The molecule has 1 aromatic rings. The van der Waals surface area contributed by atoms with E-state index >= 15 is 0 Å². The minimum Gasteiger partial charge on any atom is -0.394 e. The standard InChI is InChI=1S/C8H11ClN2O/c9-7-2-1-3-8(6-7)11(10)4-5-12/h1-3,6,12H,4-5,10H2. The maximum atomic E-state index is 8.61. The summed E-state index contributed by atoms with van der Waals surface area (Å²) in [7, 11) is 0. The summed E-state index contributed by atoms with van der Waals surface area (Å²) in [5, 5.41) is 10.7. The predicted molar refractivity (Wildman–Crippen MR) is 50.1 cm³/mol. The maximum Gasteiger partial charge on any atom is 0.0622 e. The SMILES string of the molecule is NN(CCO)c1cccc(Cl)c1. The topological polar surface area (TPSA) is 49.5 Å². The fourth-order valence-corrected chi connectivity index (χ4v) is 1.08. The zero-order valence-electron chi connectivity index (χ0n) is 6.57. The Balaban J connectivity index is 2.73. The molecule has 0 aliphatic rings. The van der Waals surface area contributed by atoms with Crippen LogP contribution in [-0.2, 0) is 0 Å². The number of hydrazine groups is 1. The molecule has 0 atom stereocenters. The van der Waals surface area contributed by atoms with Crippen molar-refractivity contribution in [2.75, 3.05) is 18.2 Å². The fraction of sp³-hybridized carbons (Fsp3) is 0.250. The van der Waals surface area contributed by atoms with E-state index in [0.717, 1.165) is 5.69 Å². The molecular formula is C8H11ClN2O. The number of anilines is 1. The highest BCUT2D eigenvalue weighted by Gasteiger charge is 1.99. The van der Waals surface area contributed by atoms with Crippen molar-refractivity contribution in [3.05, 3.63) is 29.3 Å². The molecule has 0 saturated heterocycles. The van der Waals surface area contributed by atoms with Crippen molar-refractivity contribution in [1.82, 2.24) is 0 Å². The first kappa shape index (κ1) is 9.32. The first-order valence-electron chi connectivity index (χ1n) is 3.62. The van der Waals surface area contributed by atoms with Crippen LogP contribution < -0.4 is 10.9 Å². The molecule has 3 nitrogen and oxygen atoms in total. The summed E-state index contributed by atoms with van der Waals surface area (Å²) in [6.45, 7) is 0.434. The molecule has 0 aromatic heterocycles. The van der Waals surface area contributed by atoms with Gasteiger partial charge in [0.25, 0.3) is 0 Å². The lowest BCUT2D eigenvalue weighted by Gasteiger charge is -2.16. The largest absolute Gasteiger partial charge is 0.394 e. The first-order chi connectivity index (χ1) is 5.74. The van der Waals surface area contributed by atoms with E-state index in [9.17, 15) is 0 Å². The third kappa shape index (κ3) is 2.37. The van der Waals surface area contributed by atoms with E-state index < -0.39 is 0 Å². The Labute approximate surface area is 76.3 Å². The molecule has 0 heterocycles. The Morgan fingerprint density at radius 3 is 2.83 bits per heavy atom. The lowest BCUT2D eigenvalue weighted by atomic mass is 10.3. The molecular weight excluding hydrogens is 176 g/mol. The van der Waals surface area contributed by atoms with Crippen molar-refractivity contribution in [2.45, 2.75) is 0 Å². The molecule has 0 aliphatic carbocycles. The number of hydrogen-bond acceptors (Lipinski definition) is 3. The molecule has 0 amide bonds. The Kier molecular flexibility index (Phi) is 3.34. The van der Waals surface area contributed by atoms with Gasteiger partial charge in [-0.3, -0.25) is 0 Å². The van der Waals surface area contributed by atoms with Gasteiger partial charge in [-0.1, -0.05) is 17.7 Å². The number of hydrogen-bond donors (Lipinski definition) is 2. The Bertz CT molecular complexity index is 255. The molecule has 0 saturated carbocycles. The van der Waals surface area contributed by atoms with E-state index in [-0.39, 0.29) is 6.61 Å². The van der Waals surface area contributed by atoms with Crippen LogP contribution in [0.3, 0.4) is 0 Å². The van der Waals surface area contributed by atoms with Crippen molar-refractivity contribution in [3.63, 3.8) is 0 Å². The molecule has 0 aliphatic heterocycles. The van der Waals surface area contributed by atoms with E-state index in [4.69, 9.17) is 22.6 Å². The number of benzene rings is 1. The molecule has 1 aromatic carbocycles. The van der Waals surface area contributed by atoms with Gasteiger partial charge >= 0.3 is 0 Å². The van der Waals surface area contributed by atoms with Crippen LogP contribution in [0.15, 0.2) is 24.3 Å². The van der Waals surface area contributed by atoms with Crippen LogP contribution in [0.2, 0.25) is 5.02 Å². The molecule has 1 rings (SSSR count). The second-order valence-corrected chi connectivity index (χ2v) is 2.83. The van der Waals surface area contributed by atoms with Crippen LogP contribution >= 0.6 is 11.6 Å². The van der Waals surface area contributed by atoms with Gasteiger partial charge in [0.15, 0.2) is 0 Å². The minimum atomic E-state index is 0.0308. The molecule has 0 unspecified atom stereocenters. The van der Waals surface area contributed by atoms with Gasteiger partial charge in [0.05, 0.1) is 18.8 Å². The van der Waals surface area contributed by atoms with E-state index in [1.165, 1.54) is 5.01 Å². The van der Waals surface area contributed by atoms with Crippen molar-refractivity contribution in [1.29, 1.82) is 0 Å². The highest BCUT2D eigenvalue weighted by atomic mass is 35.5. The van der Waals surface area contributed by atoms with Gasteiger partial charge in [0.2, 0.25) is 0 Å². The summed E-state index contributed by atoms with van der Waals surface area (Å²) >= 11 is 5.74. The van der Waals surface area contributed by atoms with E-state index in [2.05, 4.69) is 0 Å². The third-order valence-corrected chi connectivity index (χ3v) is 1.72. The summed E-state index contributed by atoms with van der Waals surface area (Å²) < 4.78 is 0. The monoisotopic (exact) mass is 186 g/mol. The normalized spacial score (nSPS) is 9.92. The molecule has 0 bridgehead atoms. The van der Waals surface area contributed by atoms with Crippen LogP contribution in [0.1, 0.15) is 0 Å². The van der Waals surface area contributed by atoms with Crippen LogP contribution in [0.5, 0.6) is 0 Å².